The van der Waals surface area contributed by atoms with Gasteiger partial charge in [-0.05, 0) is 38.0 Å². The maximum atomic E-state index is 11.0. The summed E-state index contributed by atoms with van der Waals surface area (Å²) in [5.41, 5.74) is 3.88. The first kappa shape index (κ1) is 20.7. The number of imidazole rings is 1. The molecular formula is C26H25N7O. The van der Waals surface area contributed by atoms with Crippen LogP contribution >= 0.6 is 0 Å². The van der Waals surface area contributed by atoms with Crippen LogP contribution in [0.2, 0.25) is 0 Å². The standard InChI is InChI=1S/C26H25N7O/c1-15-27-21(18-13-19(18)25-30-20-11-7-8-12-22(20)32(25)3)14-23(28-15)33-26(29-16(2)31-33)24(34)17-9-5-4-6-10-17/h4-12,14,18-19,24,34H,13H2,1-3H3/t18?,19-,24+/m1/s1. The molecule has 1 saturated carbocycles. The molecule has 1 unspecified atom stereocenters. The van der Waals surface area contributed by atoms with Crippen molar-refractivity contribution in [2.75, 3.05) is 0 Å². The molecular weight excluding hydrogens is 426 g/mol. The number of fused-ring (bicyclic) bond motifs is 1. The van der Waals surface area contributed by atoms with E-state index >= 15 is 0 Å². The Labute approximate surface area is 197 Å². The number of hydrogen-bond acceptors (Lipinski definition) is 6. The molecule has 0 saturated heterocycles. The summed E-state index contributed by atoms with van der Waals surface area (Å²) in [6.07, 6.45) is 0.0814. The molecule has 170 valence electrons. The Balaban J connectivity index is 1.35. The van der Waals surface area contributed by atoms with Crippen LogP contribution in [0.25, 0.3) is 16.9 Å². The summed E-state index contributed by atoms with van der Waals surface area (Å²) in [4.78, 5) is 18.8. The van der Waals surface area contributed by atoms with Gasteiger partial charge in [0.25, 0.3) is 0 Å². The van der Waals surface area contributed by atoms with Gasteiger partial charge >= 0.3 is 0 Å². The lowest BCUT2D eigenvalue weighted by Gasteiger charge is -2.13. The molecule has 0 radical (unpaired) electrons. The van der Waals surface area contributed by atoms with Crippen molar-refractivity contribution < 1.29 is 5.11 Å². The summed E-state index contributed by atoms with van der Waals surface area (Å²) in [5, 5.41) is 15.6. The quantitative estimate of drug-likeness (QED) is 0.435. The highest BCUT2D eigenvalue weighted by atomic mass is 16.3. The van der Waals surface area contributed by atoms with Crippen molar-refractivity contribution in [1.82, 2.24) is 34.3 Å². The van der Waals surface area contributed by atoms with Crippen molar-refractivity contribution in [3.8, 4) is 5.82 Å². The Hall–Kier alpha value is -3.91. The highest BCUT2D eigenvalue weighted by Gasteiger charge is 2.44. The Kier molecular flexibility index (Phi) is 4.77. The maximum Gasteiger partial charge on any atom is 0.167 e. The third-order valence-electron chi connectivity index (χ3n) is 6.48. The van der Waals surface area contributed by atoms with Crippen LogP contribution in [0.4, 0.5) is 0 Å². The van der Waals surface area contributed by atoms with Crippen molar-refractivity contribution in [1.29, 1.82) is 0 Å². The topological polar surface area (TPSA) is 94.5 Å². The molecule has 0 spiro atoms. The highest BCUT2D eigenvalue weighted by Crippen LogP contribution is 2.54. The van der Waals surface area contributed by atoms with E-state index in [0.29, 0.717) is 29.2 Å². The monoisotopic (exact) mass is 451 g/mol. The van der Waals surface area contributed by atoms with Gasteiger partial charge in [-0.1, -0.05) is 42.5 Å². The minimum Gasteiger partial charge on any atom is -0.380 e. The fourth-order valence-electron chi connectivity index (χ4n) is 4.74. The van der Waals surface area contributed by atoms with E-state index in [4.69, 9.17) is 9.97 Å². The van der Waals surface area contributed by atoms with Crippen molar-refractivity contribution in [2.24, 2.45) is 7.05 Å². The van der Waals surface area contributed by atoms with E-state index in [2.05, 4.69) is 38.8 Å². The fraction of sp³-hybridized carbons (Fsp3) is 0.269. The number of aromatic nitrogens is 7. The van der Waals surface area contributed by atoms with Crippen LogP contribution < -0.4 is 0 Å². The predicted molar refractivity (Wildman–Crippen MR) is 128 cm³/mol. The van der Waals surface area contributed by atoms with E-state index < -0.39 is 6.10 Å². The predicted octanol–water partition coefficient (Wildman–Crippen LogP) is 3.91. The molecule has 1 aliphatic carbocycles. The Morgan fingerprint density at radius 2 is 1.65 bits per heavy atom. The summed E-state index contributed by atoms with van der Waals surface area (Å²) in [5.74, 6) is 3.96. The molecule has 1 fully saturated rings. The van der Waals surface area contributed by atoms with Crippen molar-refractivity contribution in [3.63, 3.8) is 0 Å². The summed E-state index contributed by atoms with van der Waals surface area (Å²) in [7, 11) is 2.08. The lowest BCUT2D eigenvalue weighted by Crippen LogP contribution is -2.12. The lowest BCUT2D eigenvalue weighted by atomic mass is 10.1. The molecule has 0 bridgehead atoms. The van der Waals surface area contributed by atoms with E-state index in [1.54, 1.807) is 4.68 Å². The summed E-state index contributed by atoms with van der Waals surface area (Å²) < 4.78 is 3.82. The molecule has 5 aromatic rings. The number of rotatable bonds is 5. The first-order chi connectivity index (χ1) is 16.5. The second kappa shape index (κ2) is 7.85. The zero-order valence-electron chi connectivity index (χ0n) is 19.3. The van der Waals surface area contributed by atoms with Gasteiger partial charge in [-0.15, -0.1) is 5.10 Å². The number of aliphatic hydroxyl groups is 1. The van der Waals surface area contributed by atoms with Crippen LogP contribution in [-0.2, 0) is 7.05 Å². The first-order valence-corrected chi connectivity index (χ1v) is 11.4. The van der Waals surface area contributed by atoms with Gasteiger partial charge in [0, 0.05) is 24.9 Å². The van der Waals surface area contributed by atoms with Gasteiger partial charge in [-0.3, -0.25) is 0 Å². The average molecular weight is 452 g/mol. The lowest BCUT2D eigenvalue weighted by molar-refractivity contribution is 0.206. The first-order valence-electron chi connectivity index (χ1n) is 11.4. The average Bonchev–Trinajstić information content (AvgIpc) is 3.44. The summed E-state index contributed by atoms with van der Waals surface area (Å²) in [6.45, 7) is 3.70. The van der Waals surface area contributed by atoms with Crippen LogP contribution in [0.15, 0.2) is 60.7 Å². The second-order valence-corrected chi connectivity index (χ2v) is 8.91. The number of hydrogen-bond donors (Lipinski definition) is 1. The smallest absolute Gasteiger partial charge is 0.167 e. The van der Waals surface area contributed by atoms with Crippen molar-refractivity contribution in [3.05, 3.63) is 95.2 Å². The van der Waals surface area contributed by atoms with Crippen LogP contribution in [-0.4, -0.2) is 39.4 Å². The zero-order valence-corrected chi connectivity index (χ0v) is 19.3. The van der Waals surface area contributed by atoms with Gasteiger partial charge in [0.05, 0.1) is 16.7 Å². The number of benzene rings is 2. The van der Waals surface area contributed by atoms with Crippen molar-refractivity contribution >= 4 is 11.0 Å². The van der Waals surface area contributed by atoms with Gasteiger partial charge in [-0.25, -0.2) is 19.9 Å². The van der Waals surface area contributed by atoms with E-state index in [0.717, 1.165) is 34.5 Å². The van der Waals surface area contributed by atoms with Crippen molar-refractivity contribution in [2.45, 2.75) is 38.2 Å². The maximum absolute atomic E-state index is 11.0. The Morgan fingerprint density at radius 1 is 0.882 bits per heavy atom. The molecule has 8 nitrogen and oxygen atoms in total. The number of nitrogens with zero attached hydrogens (tertiary/aromatic N) is 7. The van der Waals surface area contributed by atoms with E-state index in [1.165, 1.54) is 0 Å². The number of aryl methyl sites for hydroxylation is 3. The van der Waals surface area contributed by atoms with E-state index in [9.17, 15) is 5.11 Å². The van der Waals surface area contributed by atoms with Gasteiger partial charge < -0.3 is 9.67 Å². The van der Waals surface area contributed by atoms with E-state index in [-0.39, 0.29) is 5.92 Å². The Bertz CT molecular complexity index is 1500. The molecule has 8 heteroatoms. The fourth-order valence-corrected chi connectivity index (χ4v) is 4.74. The van der Waals surface area contributed by atoms with E-state index in [1.807, 2.05) is 62.4 Å². The minimum absolute atomic E-state index is 0.267. The van der Waals surface area contributed by atoms with Crippen LogP contribution in [0.3, 0.4) is 0 Å². The molecule has 0 amide bonds. The molecule has 3 heterocycles. The molecule has 0 aliphatic heterocycles. The van der Waals surface area contributed by atoms with Gasteiger partial charge in [-0.2, -0.15) is 4.68 Å². The SMILES string of the molecule is Cc1nc(C2C[C@H]2c2nc3ccccc3n2C)cc(-n2nc(C)nc2[C@@H](O)c2ccccc2)n1. The Morgan fingerprint density at radius 3 is 2.44 bits per heavy atom. The van der Waals surface area contributed by atoms with Gasteiger partial charge in [0.15, 0.2) is 11.6 Å². The van der Waals surface area contributed by atoms with Crippen LogP contribution in [0.5, 0.6) is 0 Å². The van der Waals surface area contributed by atoms with Gasteiger partial charge in [0.2, 0.25) is 0 Å². The van der Waals surface area contributed by atoms with Crippen LogP contribution in [0.1, 0.15) is 58.9 Å². The summed E-state index contributed by atoms with van der Waals surface area (Å²) >= 11 is 0. The van der Waals surface area contributed by atoms with Gasteiger partial charge in [0.1, 0.15) is 23.6 Å². The molecule has 6 rings (SSSR count). The molecule has 1 aliphatic rings. The molecule has 1 N–H and O–H groups in total. The third-order valence-corrected chi connectivity index (χ3v) is 6.48. The molecule has 2 aromatic carbocycles. The molecule has 3 atom stereocenters. The third kappa shape index (κ3) is 3.47. The largest absolute Gasteiger partial charge is 0.380 e. The highest BCUT2D eigenvalue weighted by molar-refractivity contribution is 5.76. The minimum atomic E-state index is -0.908. The number of para-hydroxylation sites is 2. The number of aliphatic hydroxyl groups excluding tert-OH is 1. The van der Waals surface area contributed by atoms with Crippen LogP contribution in [0, 0.1) is 13.8 Å². The molecule has 3 aromatic heterocycles. The molecule has 34 heavy (non-hydrogen) atoms. The summed E-state index contributed by atoms with van der Waals surface area (Å²) in [6, 6.07) is 19.6. The zero-order chi connectivity index (χ0) is 23.4. The normalized spacial score (nSPS) is 18.4. The second-order valence-electron chi connectivity index (χ2n) is 8.91.